The molecule has 26 heavy (non-hydrogen) atoms. The first-order chi connectivity index (χ1) is 12.3. The van der Waals surface area contributed by atoms with Gasteiger partial charge in [0.05, 0.1) is 10.6 Å². The fourth-order valence-corrected chi connectivity index (χ4v) is 5.60. The van der Waals surface area contributed by atoms with Crippen LogP contribution in [0.4, 0.5) is 4.79 Å². The Morgan fingerprint density at radius 2 is 2.23 bits per heavy atom. The number of carbonyl (C=O) groups is 2. The smallest absolute Gasteiger partial charge is 0.318 e. The summed E-state index contributed by atoms with van der Waals surface area (Å²) in [6.45, 7) is 6.23. The van der Waals surface area contributed by atoms with Crippen molar-refractivity contribution in [2.45, 2.75) is 57.0 Å². The lowest BCUT2D eigenvalue weighted by atomic mass is 9.89. The van der Waals surface area contributed by atoms with Gasteiger partial charge in [0, 0.05) is 11.4 Å². The summed E-state index contributed by atoms with van der Waals surface area (Å²) in [5.41, 5.74) is 6.10. The Bertz CT molecular complexity index is 934. The number of amides is 3. The molecule has 1 aliphatic carbocycles. The summed E-state index contributed by atoms with van der Waals surface area (Å²) in [4.78, 5) is 42.6. The van der Waals surface area contributed by atoms with E-state index in [4.69, 9.17) is 5.73 Å². The summed E-state index contributed by atoms with van der Waals surface area (Å²) in [7, 11) is 0. The minimum Gasteiger partial charge on any atom is -0.351 e. The van der Waals surface area contributed by atoms with Gasteiger partial charge < -0.3 is 5.73 Å². The number of rotatable bonds is 4. The Morgan fingerprint density at radius 3 is 2.88 bits per heavy atom. The van der Waals surface area contributed by atoms with Crippen molar-refractivity contribution < 1.29 is 9.59 Å². The summed E-state index contributed by atoms with van der Waals surface area (Å²) in [5, 5.41) is 2.69. The van der Waals surface area contributed by atoms with Gasteiger partial charge in [0.25, 0.3) is 5.56 Å². The molecule has 1 aliphatic rings. The second-order valence-corrected chi connectivity index (χ2v) is 8.98. The van der Waals surface area contributed by atoms with Gasteiger partial charge in [-0.2, -0.15) is 0 Å². The van der Waals surface area contributed by atoms with E-state index in [9.17, 15) is 14.4 Å². The maximum absolute atomic E-state index is 13.1. The molecule has 9 heteroatoms. The fourth-order valence-electron chi connectivity index (χ4n) is 3.21. The predicted octanol–water partition coefficient (Wildman–Crippen LogP) is 2.28. The van der Waals surface area contributed by atoms with Crippen LogP contribution in [0.15, 0.2) is 9.95 Å². The number of thiophene rings is 1. The second kappa shape index (κ2) is 7.40. The van der Waals surface area contributed by atoms with E-state index in [1.807, 2.05) is 6.92 Å². The predicted molar refractivity (Wildman–Crippen MR) is 104 cm³/mol. The minimum absolute atomic E-state index is 0.0467. The first kappa shape index (κ1) is 18.9. The molecule has 3 rings (SSSR count). The minimum atomic E-state index is -0.890. The van der Waals surface area contributed by atoms with E-state index in [1.165, 1.54) is 4.88 Å². The van der Waals surface area contributed by atoms with Crippen molar-refractivity contribution in [1.82, 2.24) is 14.9 Å². The molecular weight excluding hydrogens is 372 g/mol. The van der Waals surface area contributed by atoms with Gasteiger partial charge in [-0.05, 0) is 44.6 Å². The van der Waals surface area contributed by atoms with Gasteiger partial charge in [0.2, 0.25) is 5.91 Å². The highest BCUT2D eigenvalue weighted by atomic mass is 32.2. The average Bonchev–Trinajstić information content (AvgIpc) is 2.91. The van der Waals surface area contributed by atoms with Crippen LogP contribution in [0.2, 0.25) is 0 Å². The SMILES string of the molecule is CCn1c(SC(C)C(=O)NC(N)=O)nc2sc3c(c2c1=O)CCC(C)C3. The van der Waals surface area contributed by atoms with Crippen molar-refractivity contribution in [3.05, 3.63) is 20.8 Å². The van der Waals surface area contributed by atoms with Gasteiger partial charge in [-0.3, -0.25) is 19.5 Å². The normalized spacial score (nSPS) is 17.7. The third-order valence-corrected chi connectivity index (χ3v) is 6.83. The highest BCUT2D eigenvalue weighted by Gasteiger charge is 2.26. The molecule has 0 saturated heterocycles. The number of aromatic nitrogens is 2. The monoisotopic (exact) mass is 394 g/mol. The first-order valence-electron chi connectivity index (χ1n) is 8.63. The van der Waals surface area contributed by atoms with Gasteiger partial charge in [-0.25, -0.2) is 9.78 Å². The van der Waals surface area contributed by atoms with Crippen LogP contribution in [0.25, 0.3) is 10.2 Å². The highest BCUT2D eigenvalue weighted by molar-refractivity contribution is 8.00. The van der Waals surface area contributed by atoms with Crippen molar-refractivity contribution in [1.29, 1.82) is 0 Å². The summed E-state index contributed by atoms with van der Waals surface area (Å²) in [6.07, 6.45) is 2.99. The van der Waals surface area contributed by atoms with E-state index in [-0.39, 0.29) is 5.56 Å². The van der Waals surface area contributed by atoms with Crippen LogP contribution in [0, 0.1) is 5.92 Å². The van der Waals surface area contributed by atoms with Gasteiger partial charge in [0.15, 0.2) is 5.16 Å². The lowest BCUT2D eigenvalue weighted by molar-refractivity contribution is -0.119. The van der Waals surface area contributed by atoms with Crippen LogP contribution in [0.3, 0.4) is 0 Å². The zero-order chi connectivity index (χ0) is 19.0. The van der Waals surface area contributed by atoms with Gasteiger partial charge in [-0.1, -0.05) is 18.7 Å². The van der Waals surface area contributed by atoms with Crippen molar-refractivity contribution in [3.8, 4) is 0 Å². The molecule has 2 unspecified atom stereocenters. The van der Waals surface area contributed by atoms with Crippen LogP contribution in [0.5, 0.6) is 0 Å². The quantitative estimate of drug-likeness (QED) is 0.611. The van der Waals surface area contributed by atoms with E-state index in [0.29, 0.717) is 17.6 Å². The topological polar surface area (TPSA) is 107 Å². The molecule has 0 aliphatic heterocycles. The Balaban J connectivity index is 2.02. The fraction of sp³-hybridized carbons (Fsp3) is 0.529. The van der Waals surface area contributed by atoms with Crippen LogP contribution < -0.4 is 16.6 Å². The Kier molecular flexibility index (Phi) is 5.38. The standard InChI is InChI=1S/C17H22N4O3S2/c1-4-21-15(23)12-10-6-5-8(2)7-11(10)26-14(12)20-17(21)25-9(3)13(22)19-16(18)24/h8-9H,4-7H2,1-3H3,(H3,18,19,22,24). The van der Waals surface area contributed by atoms with E-state index < -0.39 is 17.2 Å². The molecule has 3 amide bonds. The number of nitrogens with two attached hydrogens (primary N) is 1. The maximum Gasteiger partial charge on any atom is 0.318 e. The molecule has 2 heterocycles. The third-order valence-electron chi connectivity index (χ3n) is 4.59. The summed E-state index contributed by atoms with van der Waals surface area (Å²) in [5.74, 6) is 0.120. The number of thioether (sulfide) groups is 1. The molecule has 3 N–H and O–H groups in total. The van der Waals surface area contributed by atoms with E-state index in [1.54, 1.807) is 22.8 Å². The van der Waals surface area contributed by atoms with Crippen molar-refractivity contribution in [3.63, 3.8) is 0 Å². The number of primary amides is 1. The Hall–Kier alpha value is -1.87. The highest BCUT2D eigenvalue weighted by Crippen LogP contribution is 2.36. The van der Waals surface area contributed by atoms with Crippen LogP contribution in [-0.2, 0) is 24.2 Å². The van der Waals surface area contributed by atoms with Crippen LogP contribution >= 0.6 is 23.1 Å². The van der Waals surface area contributed by atoms with Gasteiger partial charge in [0.1, 0.15) is 4.83 Å². The first-order valence-corrected chi connectivity index (χ1v) is 10.3. The summed E-state index contributed by atoms with van der Waals surface area (Å²) < 4.78 is 1.60. The number of nitrogens with one attached hydrogen (secondary N) is 1. The molecule has 0 saturated carbocycles. The van der Waals surface area contributed by atoms with E-state index >= 15 is 0 Å². The zero-order valence-electron chi connectivity index (χ0n) is 15.0. The molecule has 0 spiro atoms. The lowest BCUT2D eigenvalue weighted by Gasteiger charge is -2.17. The van der Waals surface area contributed by atoms with E-state index in [0.717, 1.165) is 46.8 Å². The zero-order valence-corrected chi connectivity index (χ0v) is 16.6. The lowest BCUT2D eigenvalue weighted by Crippen LogP contribution is -2.39. The van der Waals surface area contributed by atoms with Crippen LogP contribution in [0.1, 0.15) is 37.6 Å². The number of aryl methyl sites for hydroxylation is 1. The molecule has 7 nitrogen and oxygen atoms in total. The summed E-state index contributed by atoms with van der Waals surface area (Å²) >= 11 is 2.74. The van der Waals surface area contributed by atoms with Gasteiger partial charge >= 0.3 is 6.03 Å². The average molecular weight is 395 g/mol. The Labute approximate surface area is 159 Å². The number of fused-ring (bicyclic) bond motifs is 3. The number of hydrogen-bond acceptors (Lipinski definition) is 6. The number of carbonyl (C=O) groups excluding carboxylic acids is 2. The molecule has 2 atom stereocenters. The molecular formula is C17H22N4O3S2. The molecule has 0 fully saturated rings. The molecule has 2 aromatic heterocycles. The molecule has 2 aromatic rings. The van der Waals surface area contributed by atoms with E-state index in [2.05, 4.69) is 17.2 Å². The van der Waals surface area contributed by atoms with Crippen molar-refractivity contribution in [2.24, 2.45) is 11.7 Å². The number of urea groups is 1. The second-order valence-electron chi connectivity index (χ2n) is 6.59. The number of imide groups is 1. The summed E-state index contributed by atoms with van der Waals surface area (Å²) in [6, 6.07) is -0.890. The Morgan fingerprint density at radius 1 is 1.50 bits per heavy atom. The largest absolute Gasteiger partial charge is 0.351 e. The van der Waals surface area contributed by atoms with Crippen LogP contribution in [-0.4, -0.2) is 26.7 Å². The third kappa shape index (κ3) is 3.50. The van der Waals surface area contributed by atoms with Crippen molar-refractivity contribution >= 4 is 45.3 Å². The molecule has 0 bridgehead atoms. The van der Waals surface area contributed by atoms with Gasteiger partial charge in [-0.15, -0.1) is 11.3 Å². The number of hydrogen-bond donors (Lipinski definition) is 2. The van der Waals surface area contributed by atoms with Crippen molar-refractivity contribution in [2.75, 3.05) is 0 Å². The number of nitrogens with zero attached hydrogens (tertiary/aromatic N) is 2. The molecule has 0 radical (unpaired) electrons. The molecule has 140 valence electrons. The molecule has 0 aromatic carbocycles. The maximum atomic E-state index is 13.1.